The number of rotatable bonds is 8. The summed E-state index contributed by atoms with van der Waals surface area (Å²) in [6.07, 6.45) is 5.29. The van der Waals surface area contributed by atoms with E-state index in [1.165, 1.54) is 24.8 Å². The molecule has 0 spiro atoms. The van der Waals surface area contributed by atoms with Crippen LogP contribution in [-0.2, 0) is 17.7 Å². The lowest BCUT2D eigenvalue weighted by Crippen LogP contribution is -2.45. The van der Waals surface area contributed by atoms with Crippen LogP contribution in [0.2, 0.25) is 0 Å². The molecule has 0 aliphatic carbocycles. The molecule has 1 aliphatic rings. The zero-order chi connectivity index (χ0) is 20.3. The van der Waals surface area contributed by atoms with Gasteiger partial charge < -0.3 is 19.7 Å². The predicted octanol–water partition coefficient (Wildman–Crippen LogP) is 3.14. The first-order chi connectivity index (χ1) is 14.3. The van der Waals surface area contributed by atoms with Crippen LogP contribution in [0.15, 0.2) is 53.7 Å². The molecule has 2 heterocycles. The molecule has 0 amide bonds. The van der Waals surface area contributed by atoms with Crippen LogP contribution in [0.5, 0.6) is 5.88 Å². The Kier molecular flexibility index (Phi) is 8.31. The fourth-order valence-corrected chi connectivity index (χ4v) is 3.71. The van der Waals surface area contributed by atoms with E-state index in [4.69, 9.17) is 9.47 Å². The number of nitrogens with zero attached hydrogens (tertiary/aromatic N) is 3. The van der Waals surface area contributed by atoms with Crippen molar-refractivity contribution in [2.24, 2.45) is 10.9 Å². The van der Waals surface area contributed by atoms with Crippen LogP contribution < -0.4 is 10.1 Å². The number of methoxy groups -OCH3 is 1. The molecule has 29 heavy (non-hydrogen) atoms. The van der Waals surface area contributed by atoms with Crippen molar-refractivity contribution in [3.63, 3.8) is 0 Å². The molecular weight excluding hydrogens is 364 g/mol. The summed E-state index contributed by atoms with van der Waals surface area (Å²) < 4.78 is 10.8. The lowest BCUT2D eigenvalue weighted by molar-refractivity contribution is 0.143. The first-order valence-electron chi connectivity index (χ1n) is 10.3. The minimum absolute atomic E-state index is 0.490. The van der Waals surface area contributed by atoms with Gasteiger partial charge in [-0.1, -0.05) is 36.4 Å². The second kappa shape index (κ2) is 11.4. The molecule has 1 fully saturated rings. The van der Waals surface area contributed by atoms with E-state index in [0.717, 1.165) is 30.5 Å². The van der Waals surface area contributed by atoms with Crippen molar-refractivity contribution in [3.05, 3.63) is 59.8 Å². The largest absolute Gasteiger partial charge is 0.475 e. The van der Waals surface area contributed by atoms with E-state index in [1.807, 2.05) is 19.2 Å². The van der Waals surface area contributed by atoms with Gasteiger partial charge in [-0.25, -0.2) is 4.98 Å². The minimum Gasteiger partial charge on any atom is -0.475 e. The SMILES string of the molecule is CN=C(NCc1cccnc1OCCOC)N1CCC(Cc2ccccc2)CC1. The number of likely N-dealkylation sites (tertiary alicyclic amines) is 1. The molecule has 0 atom stereocenters. The minimum atomic E-state index is 0.490. The van der Waals surface area contributed by atoms with Crippen molar-refractivity contribution in [1.29, 1.82) is 0 Å². The normalized spacial score (nSPS) is 15.4. The summed E-state index contributed by atoms with van der Waals surface area (Å²) in [5, 5.41) is 3.48. The van der Waals surface area contributed by atoms with Crippen molar-refractivity contribution in [3.8, 4) is 5.88 Å². The Morgan fingerprint density at radius 3 is 2.66 bits per heavy atom. The van der Waals surface area contributed by atoms with Gasteiger partial charge in [0.25, 0.3) is 0 Å². The number of hydrogen-bond acceptors (Lipinski definition) is 4. The summed E-state index contributed by atoms with van der Waals surface area (Å²) in [7, 11) is 3.51. The highest BCUT2D eigenvalue weighted by molar-refractivity contribution is 5.80. The Bertz CT molecular complexity index is 758. The number of pyridine rings is 1. The Morgan fingerprint density at radius 1 is 1.14 bits per heavy atom. The molecule has 0 unspecified atom stereocenters. The molecule has 0 saturated carbocycles. The van der Waals surface area contributed by atoms with Crippen molar-refractivity contribution >= 4 is 5.96 Å². The Balaban J connectivity index is 1.49. The van der Waals surface area contributed by atoms with Crippen LogP contribution in [0.3, 0.4) is 0 Å². The summed E-state index contributed by atoms with van der Waals surface area (Å²) in [6.45, 7) is 3.72. The average Bonchev–Trinajstić information content (AvgIpc) is 2.77. The molecule has 6 heteroatoms. The molecule has 1 N–H and O–H groups in total. The predicted molar refractivity (Wildman–Crippen MR) is 116 cm³/mol. The van der Waals surface area contributed by atoms with Crippen LogP contribution in [0, 0.1) is 5.92 Å². The number of benzene rings is 1. The molecule has 156 valence electrons. The van der Waals surface area contributed by atoms with Gasteiger partial charge in [0, 0.05) is 45.6 Å². The van der Waals surface area contributed by atoms with Crippen LogP contribution in [0.25, 0.3) is 0 Å². The molecular formula is C23H32N4O2. The van der Waals surface area contributed by atoms with Crippen LogP contribution in [0.1, 0.15) is 24.0 Å². The van der Waals surface area contributed by atoms with Gasteiger partial charge in [-0.15, -0.1) is 0 Å². The van der Waals surface area contributed by atoms with Gasteiger partial charge in [-0.2, -0.15) is 0 Å². The van der Waals surface area contributed by atoms with Crippen LogP contribution in [0.4, 0.5) is 0 Å². The number of aromatic nitrogens is 1. The van der Waals surface area contributed by atoms with Crippen LogP contribution >= 0.6 is 0 Å². The highest BCUT2D eigenvalue weighted by Crippen LogP contribution is 2.22. The molecule has 1 aromatic carbocycles. The van der Waals surface area contributed by atoms with Gasteiger partial charge in [-0.3, -0.25) is 4.99 Å². The molecule has 6 nitrogen and oxygen atoms in total. The molecule has 0 radical (unpaired) electrons. The lowest BCUT2D eigenvalue weighted by atomic mass is 9.90. The number of guanidine groups is 1. The first kappa shape index (κ1) is 21.1. The molecule has 3 rings (SSSR count). The van der Waals surface area contributed by atoms with Gasteiger partial charge in [0.1, 0.15) is 6.61 Å². The third kappa shape index (κ3) is 6.46. The van der Waals surface area contributed by atoms with E-state index in [-0.39, 0.29) is 0 Å². The summed E-state index contributed by atoms with van der Waals surface area (Å²) in [5.74, 6) is 2.33. The highest BCUT2D eigenvalue weighted by Gasteiger charge is 2.21. The van der Waals surface area contributed by atoms with Crippen molar-refractivity contribution < 1.29 is 9.47 Å². The van der Waals surface area contributed by atoms with Crippen molar-refractivity contribution in [1.82, 2.24) is 15.2 Å². The third-order valence-electron chi connectivity index (χ3n) is 5.31. The lowest BCUT2D eigenvalue weighted by Gasteiger charge is -2.34. The highest BCUT2D eigenvalue weighted by atomic mass is 16.5. The second-order valence-corrected chi connectivity index (χ2v) is 7.33. The fraction of sp³-hybridized carbons (Fsp3) is 0.478. The number of nitrogens with one attached hydrogen (secondary N) is 1. The maximum Gasteiger partial charge on any atom is 0.218 e. The fourth-order valence-electron chi connectivity index (χ4n) is 3.71. The van der Waals surface area contributed by atoms with Crippen LogP contribution in [-0.4, -0.2) is 56.3 Å². The molecule has 1 aliphatic heterocycles. The maximum atomic E-state index is 5.73. The molecule has 2 aromatic rings. The zero-order valence-electron chi connectivity index (χ0n) is 17.5. The average molecular weight is 397 g/mol. The maximum absolute atomic E-state index is 5.73. The number of piperidine rings is 1. The van der Waals surface area contributed by atoms with Gasteiger partial charge in [-0.05, 0) is 36.8 Å². The zero-order valence-corrected chi connectivity index (χ0v) is 17.5. The number of ether oxygens (including phenoxy) is 2. The quantitative estimate of drug-likeness (QED) is 0.422. The summed E-state index contributed by atoms with van der Waals surface area (Å²) in [6, 6.07) is 14.8. The summed E-state index contributed by atoms with van der Waals surface area (Å²) in [5.41, 5.74) is 2.45. The molecule has 0 bridgehead atoms. The van der Waals surface area contributed by atoms with E-state index < -0.39 is 0 Å². The topological polar surface area (TPSA) is 59.0 Å². The van der Waals surface area contributed by atoms with E-state index in [1.54, 1.807) is 13.3 Å². The third-order valence-corrected chi connectivity index (χ3v) is 5.31. The first-order valence-corrected chi connectivity index (χ1v) is 10.3. The molecule has 1 aromatic heterocycles. The van der Waals surface area contributed by atoms with Gasteiger partial charge in [0.2, 0.25) is 5.88 Å². The Labute approximate surface area is 174 Å². The van der Waals surface area contributed by atoms with E-state index in [2.05, 4.69) is 50.5 Å². The van der Waals surface area contributed by atoms with Gasteiger partial charge >= 0.3 is 0 Å². The molecule has 1 saturated heterocycles. The van der Waals surface area contributed by atoms with E-state index >= 15 is 0 Å². The monoisotopic (exact) mass is 396 g/mol. The summed E-state index contributed by atoms with van der Waals surface area (Å²) in [4.78, 5) is 11.2. The second-order valence-electron chi connectivity index (χ2n) is 7.33. The van der Waals surface area contributed by atoms with Crippen molar-refractivity contribution in [2.75, 3.05) is 40.5 Å². The smallest absolute Gasteiger partial charge is 0.218 e. The summed E-state index contributed by atoms with van der Waals surface area (Å²) >= 11 is 0. The van der Waals surface area contributed by atoms with Gasteiger partial charge in [0.05, 0.1) is 6.61 Å². The van der Waals surface area contributed by atoms with Gasteiger partial charge in [0.15, 0.2) is 5.96 Å². The Morgan fingerprint density at radius 2 is 1.93 bits per heavy atom. The van der Waals surface area contributed by atoms with Crippen molar-refractivity contribution in [2.45, 2.75) is 25.8 Å². The van der Waals surface area contributed by atoms with E-state index in [9.17, 15) is 0 Å². The number of aliphatic imine (C=N–C) groups is 1. The standard InChI is InChI=1S/C23H32N4O2/c1-24-23(26-18-21-9-6-12-25-22(21)29-16-15-28-2)27-13-10-20(11-14-27)17-19-7-4-3-5-8-19/h3-9,12,20H,10-11,13-18H2,1-2H3,(H,24,26). The Hall–Kier alpha value is -2.60. The number of hydrogen-bond donors (Lipinski definition) is 1. The van der Waals surface area contributed by atoms with E-state index in [0.29, 0.717) is 25.6 Å².